The van der Waals surface area contributed by atoms with Crippen molar-refractivity contribution in [3.8, 4) is 0 Å². The maximum Gasteiger partial charge on any atom is 0.295 e. The van der Waals surface area contributed by atoms with Gasteiger partial charge < -0.3 is 20.6 Å². The van der Waals surface area contributed by atoms with Crippen molar-refractivity contribution < 1.29 is 9.52 Å². The minimum Gasteiger partial charge on any atom is -0.424 e. The van der Waals surface area contributed by atoms with Gasteiger partial charge in [0.25, 0.3) is 6.01 Å². The van der Waals surface area contributed by atoms with Gasteiger partial charge in [0.05, 0.1) is 12.6 Å². The molecule has 2 rings (SSSR count). The number of nitrogens with zero attached hydrogens (tertiary/aromatic N) is 1. The molecule has 0 aliphatic carbocycles. The van der Waals surface area contributed by atoms with Crippen LogP contribution < -0.4 is 11.1 Å². The molecule has 1 aromatic carbocycles. The summed E-state index contributed by atoms with van der Waals surface area (Å²) in [6, 6.07) is 5.68. The summed E-state index contributed by atoms with van der Waals surface area (Å²) >= 11 is 0. The zero-order chi connectivity index (χ0) is 11.5. The smallest absolute Gasteiger partial charge is 0.295 e. The molecule has 0 aliphatic rings. The van der Waals surface area contributed by atoms with Gasteiger partial charge >= 0.3 is 0 Å². The molecule has 0 saturated heterocycles. The number of oxazole rings is 1. The normalized spacial score (nSPS) is 12.9. The van der Waals surface area contributed by atoms with Crippen LogP contribution in [0, 0.1) is 0 Å². The molecule has 2 aromatic rings. The van der Waals surface area contributed by atoms with Crippen LogP contribution in [0.5, 0.6) is 0 Å². The van der Waals surface area contributed by atoms with Crippen molar-refractivity contribution in [3.05, 3.63) is 18.2 Å². The molecule has 0 bridgehead atoms. The van der Waals surface area contributed by atoms with Crippen LogP contribution in [0.2, 0.25) is 0 Å². The van der Waals surface area contributed by atoms with Crippen molar-refractivity contribution in [1.29, 1.82) is 0 Å². The van der Waals surface area contributed by atoms with E-state index in [0.717, 1.165) is 11.9 Å². The van der Waals surface area contributed by atoms with E-state index < -0.39 is 0 Å². The predicted molar refractivity (Wildman–Crippen MR) is 63.2 cm³/mol. The second-order valence-electron chi connectivity index (χ2n) is 3.68. The third-order valence-electron chi connectivity index (χ3n) is 2.45. The second-order valence-corrected chi connectivity index (χ2v) is 3.68. The third kappa shape index (κ3) is 2.09. The Morgan fingerprint density at radius 1 is 1.56 bits per heavy atom. The fourth-order valence-corrected chi connectivity index (χ4v) is 1.46. The fourth-order valence-electron chi connectivity index (χ4n) is 1.46. The van der Waals surface area contributed by atoms with Gasteiger partial charge in [-0.2, -0.15) is 4.98 Å². The summed E-state index contributed by atoms with van der Waals surface area (Å²) in [4.78, 5) is 4.24. The summed E-state index contributed by atoms with van der Waals surface area (Å²) in [6.07, 6.45) is 0.803. The molecule has 0 fully saturated rings. The number of hydrogen-bond donors (Lipinski definition) is 3. The summed E-state index contributed by atoms with van der Waals surface area (Å²) in [5.74, 6) is 0. The first-order chi connectivity index (χ1) is 7.72. The Morgan fingerprint density at radius 3 is 3.06 bits per heavy atom. The lowest BCUT2D eigenvalue weighted by atomic mass is 10.2. The highest BCUT2D eigenvalue weighted by molar-refractivity contribution is 5.78. The molecular weight excluding hydrogens is 206 g/mol. The van der Waals surface area contributed by atoms with Gasteiger partial charge in [0.15, 0.2) is 5.58 Å². The minimum absolute atomic E-state index is 0.0367. The quantitative estimate of drug-likeness (QED) is 0.683. The molecule has 16 heavy (non-hydrogen) atoms. The summed E-state index contributed by atoms with van der Waals surface area (Å²) in [7, 11) is 0. The van der Waals surface area contributed by atoms with E-state index in [9.17, 15) is 0 Å². The summed E-state index contributed by atoms with van der Waals surface area (Å²) < 4.78 is 5.47. The number of hydrogen-bond acceptors (Lipinski definition) is 5. The maximum atomic E-state index is 9.05. The van der Waals surface area contributed by atoms with Gasteiger partial charge in [0.1, 0.15) is 5.52 Å². The van der Waals surface area contributed by atoms with Gasteiger partial charge in [-0.1, -0.05) is 6.92 Å². The van der Waals surface area contributed by atoms with Crippen LogP contribution in [-0.2, 0) is 0 Å². The number of aliphatic hydroxyl groups is 1. The van der Waals surface area contributed by atoms with E-state index in [1.54, 1.807) is 18.2 Å². The number of rotatable bonds is 4. The molecule has 5 nitrogen and oxygen atoms in total. The highest BCUT2D eigenvalue weighted by Crippen LogP contribution is 2.21. The van der Waals surface area contributed by atoms with Crippen molar-refractivity contribution >= 4 is 22.8 Å². The van der Waals surface area contributed by atoms with E-state index in [1.807, 2.05) is 6.92 Å². The molecule has 0 amide bonds. The van der Waals surface area contributed by atoms with Crippen molar-refractivity contribution in [2.75, 3.05) is 17.7 Å². The molecular formula is C11H15N3O2. The molecule has 86 valence electrons. The SMILES string of the molecule is CCC(CO)Nc1nc2cc(N)ccc2o1. The van der Waals surface area contributed by atoms with Gasteiger partial charge in [0, 0.05) is 5.69 Å². The monoisotopic (exact) mass is 221 g/mol. The molecule has 0 radical (unpaired) electrons. The van der Waals surface area contributed by atoms with Crippen LogP contribution in [0.3, 0.4) is 0 Å². The predicted octanol–water partition coefficient (Wildman–Crippen LogP) is 1.59. The zero-order valence-electron chi connectivity index (χ0n) is 9.10. The largest absolute Gasteiger partial charge is 0.424 e. The van der Waals surface area contributed by atoms with Crippen LogP contribution in [0.4, 0.5) is 11.7 Å². The Bertz CT molecular complexity index is 477. The number of nitrogen functional groups attached to an aromatic ring is 1. The molecule has 0 spiro atoms. The van der Waals surface area contributed by atoms with Crippen molar-refractivity contribution in [3.63, 3.8) is 0 Å². The molecule has 1 heterocycles. The lowest BCUT2D eigenvalue weighted by Crippen LogP contribution is -2.22. The zero-order valence-corrected chi connectivity index (χ0v) is 9.10. The number of nitrogens with one attached hydrogen (secondary N) is 1. The highest BCUT2D eigenvalue weighted by Gasteiger charge is 2.10. The van der Waals surface area contributed by atoms with Crippen molar-refractivity contribution in [1.82, 2.24) is 4.98 Å². The first-order valence-corrected chi connectivity index (χ1v) is 5.26. The van der Waals surface area contributed by atoms with Crippen LogP contribution >= 0.6 is 0 Å². The van der Waals surface area contributed by atoms with Gasteiger partial charge in [-0.05, 0) is 24.6 Å². The van der Waals surface area contributed by atoms with E-state index in [-0.39, 0.29) is 12.6 Å². The number of benzene rings is 1. The molecule has 5 heteroatoms. The first kappa shape index (κ1) is 10.8. The Balaban J connectivity index is 2.25. The molecule has 0 aliphatic heterocycles. The van der Waals surface area contributed by atoms with Crippen molar-refractivity contribution in [2.24, 2.45) is 0 Å². The fraction of sp³-hybridized carbons (Fsp3) is 0.364. The number of aliphatic hydroxyl groups excluding tert-OH is 1. The number of aromatic nitrogens is 1. The Kier molecular flexibility index (Phi) is 2.96. The van der Waals surface area contributed by atoms with Crippen molar-refractivity contribution in [2.45, 2.75) is 19.4 Å². The average molecular weight is 221 g/mol. The maximum absolute atomic E-state index is 9.05. The van der Waals surface area contributed by atoms with Crippen LogP contribution in [0.1, 0.15) is 13.3 Å². The average Bonchev–Trinajstić information content (AvgIpc) is 2.67. The molecule has 1 atom stereocenters. The summed E-state index contributed by atoms with van der Waals surface area (Å²) in [6.45, 7) is 2.03. The number of fused-ring (bicyclic) bond motifs is 1. The minimum atomic E-state index is -0.0367. The molecule has 1 aromatic heterocycles. The second kappa shape index (κ2) is 4.40. The summed E-state index contributed by atoms with van der Waals surface area (Å²) in [5, 5.41) is 12.1. The standard InChI is InChI=1S/C11H15N3O2/c1-2-8(6-15)13-11-14-9-5-7(12)3-4-10(9)16-11/h3-5,8,15H,2,6,12H2,1H3,(H,13,14). The van der Waals surface area contributed by atoms with E-state index in [2.05, 4.69) is 10.3 Å². The Morgan fingerprint density at radius 2 is 2.38 bits per heavy atom. The highest BCUT2D eigenvalue weighted by atomic mass is 16.4. The Labute approximate surface area is 93.3 Å². The molecule has 4 N–H and O–H groups in total. The van der Waals surface area contributed by atoms with E-state index in [0.29, 0.717) is 17.3 Å². The van der Waals surface area contributed by atoms with Crippen LogP contribution in [0.15, 0.2) is 22.6 Å². The number of anilines is 2. The Hall–Kier alpha value is -1.75. The van der Waals surface area contributed by atoms with Gasteiger partial charge in [-0.3, -0.25) is 0 Å². The van der Waals surface area contributed by atoms with Gasteiger partial charge in [0.2, 0.25) is 0 Å². The van der Waals surface area contributed by atoms with Crippen LogP contribution in [0.25, 0.3) is 11.1 Å². The lowest BCUT2D eigenvalue weighted by molar-refractivity contribution is 0.270. The first-order valence-electron chi connectivity index (χ1n) is 5.26. The van der Waals surface area contributed by atoms with E-state index >= 15 is 0 Å². The van der Waals surface area contributed by atoms with Gasteiger partial charge in [-0.15, -0.1) is 0 Å². The third-order valence-corrected chi connectivity index (χ3v) is 2.45. The molecule has 1 unspecified atom stereocenters. The van der Waals surface area contributed by atoms with Gasteiger partial charge in [-0.25, -0.2) is 0 Å². The number of nitrogens with two attached hydrogens (primary N) is 1. The molecule has 0 saturated carbocycles. The topological polar surface area (TPSA) is 84.3 Å². The lowest BCUT2D eigenvalue weighted by Gasteiger charge is -2.10. The van der Waals surface area contributed by atoms with E-state index in [4.69, 9.17) is 15.3 Å². The summed E-state index contributed by atoms with van der Waals surface area (Å²) in [5.41, 5.74) is 7.70. The van der Waals surface area contributed by atoms with E-state index in [1.165, 1.54) is 0 Å². The van der Waals surface area contributed by atoms with Crippen LogP contribution in [-0.4, -0.2) is 22.7 Å².